The third-order valence-corrected chi connectivity index (χ3v) is 4.57. The Labute approximate surface area is 158 Å². The standard InChI is InChI=1S/C21H23F2N3O/c22-18-5-7-20(8-6-18)26-14-12-25(13-15-26)11-10-24-21(27)9-4-17-2-1-3-19(23)16-17/h1-9,16H,10-15H2,(H,24,27)/b9-4+. The summed E-state index contributed by atoms with van der Waals surface area (Å²) in [4.78, 5) is 16.4. The predicted octanol–water partition coefficient (Wildman–Crippen LogP) is 2.92. The van der Waals surface area contributed by atoms with Crippen molar-refractivity contribution in [2.24, 2.45) is 0 Å². The highest BCUT2D eigenvalue weighted by Crippen LogP contribution is 2.16. The molecule has 2 aromatic carbocycles. The Morgan fingerprint density at radius 2 is 1.74 bits per heavy atom. The highest BCUT2D eigenvalue weighted by molar-refractivity contribution is 5.91. The fourth-order valence-electron chi connectivity index (χ4n) is 3.06. The number of rotatable bonds is 6. The van der Waals surface area contributed by atoms with Crippen molar-refractivity contribution in [3.63, 3.8) is 0 Å². The molecule has 1 N–H and O–H groups in total. The summed E-state index contributed by atoms with van der Waals surface area (Å²) in [5.74, 6) is -0.735. The van der Waals surface area contributed by atoms with Crippen molar-refractivity contribution in [2.45, 2.75) is 0 Å². The van der Waals surface area contributed by atoms with E-state index in [1.807, 2.05) is 0 Å². The van der Waals surface area contributed by atoms with E-state index < -0.39 is 0 Å². The van der Waals surface area contributed by atoms with Gasteiger partial charge in [0.15, 0.2) is 0 Å². The lowest BCUT2D eigenvalue weighted by Crippen LogP contribution is -2.48. The lowest BCUT2D eigenvalue weighted by atomic mass is 10.2. The van der Waals surface area contributed by atoms with E-state index in [0.717, 1.165) is 38.4 Å². The zero-order chi connectivity index (χ0) is 19.1. The van der Waals surface area contributed by atoms with Gasteiger partial charge in [0.25, 0.3) is 0 Å². The van der Waals surface area contributed by atoms with Crippen LogP contribution in [0.25, 0.3) is 6.08 Å². The molecule has 0 unspecified atom stereocenters. The van der Waals surface area contributed by atoms with Gasteiger partial charge < -0.3 is 10.2 Å². The largest absolute Gasteiger partial charge is 0.369 e. The summed E-state index contributed by atoms with van der Waals surface area (Å²) in [5.41, 5.74) is 1.69. The zero-order valence-electron chi connectivity index (χ0n) is 15.1. The lowest BCUT2D eigenvalue weighted by molar-refractivity contribution is -0.116. The van der Waals surface area contributed by atoms with Crippen LogP contribution in [0.1, 0.15) is 5.56 Å². The van der Waals surface area contributed by atoms with Crippen molar-refractivity contribution in [3.05, 3.63) is 71.8 Å². The Morgan fingerprint density at radius 1 is 1.00 bits per heavy atom. The lowest BCUT2D eigenvalue weighted by Gasteiger charge is -2.36. The van der Waals surface area contributed by atoms with E-state index >= 15 is 0 Å². The molecular weight excluding hydrogens is 348 g/mol. The number of carbonyl (C=O) groups is 1. The van der Waals surface area contributed by atoms with Gasteiger partial charge in [-0.1, -0.05) is 12.1 Å². The van der Waals surface area contributed by atoms with Crippen molar-refractivity contribution in [1.82, 2.24) is 10.2 Å². The van der Waals surface area contributed by atoms with Crippen molar-refractivity contribution in [2.75, 3.05) is 44.2 Å². The number of halogens is 2. The summed E-state index contributed by atoms with van der Waals surface area (Å²) in [6.45, 7) is 4.87. The number of hydrogen-bond acceptors (Lipinski definition) is 3. The molecule has 0 aliphatic carbocycles. The molecule has 1 aliphatic heterocycles. The molecule has 1 fully saturated rings. The number of amides is 1. The molecule has 142 valence electrons. The second-order valence-electron chi connectivity index (χ2n) is 6.48. The molecule has 27 heavy (non-hydrogen) atoms. The number of anilines is 1. The van der Waals surface area contributed by atoms with Crippen LogP contribution in [0.5, 0.6) is 0 Å². The molecule has 1 heterocycles. The van der Waals surface area contributed by atoms with Gasteiger partial charge in [-0.25, -0.2) is 8.78 Å². The SMILES string of the molecule is O=C(/C=C/c1cccc(F)c1)NCCN1CCN(c2ccc(F)cc2)CC1. The molecule has 1 aliphatic rings. The van der Waals surface area contributed by atoms with Gasteiger partial charge in [-0.3, -0.25) is 9.69 Å². The van der Waals surface area contributed by atoms with Gasteiger partial charge in [0.1, 0.15) is 11.6 Å². The third-order valence-electron chi connectivity index (χ3n) is 4.57. The van der Waals surface area contributed by atoms with Crippen LogP contribution in [0.15, 0.2) is 54.6 Å². The average molecular weight is 371 g/mol. The first-order chi connectivity index (χ1) is 13.1. The van der Waals surface area contributed by atoms with Gasteiger partial charge in [0.2, 0.25) is 5.91 Å². The summed E-state index contributed by atoms with van der Waals surface area (Å²) in [5, 5.41) is 2.85. The number of benzene rings is 2. The number of hydrogen-bond donors (Lipinski definition) is 1. The summed E-state index contributed by atoms with van der Waals surface area (Å²) in [7, 11) is 0. The number of carbonyl (C=O) groups excluding carboxylic acids is 1. The molecule has 0 bridgehead atoms. The van der Waals surface area contributed by atoms with Crippen molar-refractivity contribution >= 4 is 17.7 Å². The topological polar surface area (TPSA) is 35.6 Å². The highest BCUT2D eigenvalue weighted by Gasteiger charge is 2.16. The minimum Gasteiger partial charge on any atom is -0.369 e. The van der Waals surface area contributed by atoms with E-state index in [4.69, 9.17) is 0 Å². The Bertz CT molecular complexity index is 784. The van der Waals surface area contributed by atoms with E-state index in [0.29, 0.717) is 12.1 Å². The number of piperazine rings is 1. The van der Waals surface area contributed by atoms with E-state index in [-0.39, 0.29) is 17.5 Å². The van der Waals surface area contributed by atoms with Crippen LogP contribution >= 0.6 is 0 Å². The van der Waals surface area contributed by atoms with Crippen LogP contribution < -0.4 is 10.2 Å². The molecule has 1 saturated heterocycles. The molecule has 4 nitrogen and oxygen atoms in total. The van der Waals surface area contributed by atoms with Crippen LogP contribution in [0.2, 0.25) is 0 Å². The van der Waals surface area contributed by atoms with E-state index in [1.165, 1.54) is 30.3 Å². The van der Waals surface area contributed by atoms with E-state index in [9.17, 15) is 13.6 Å². The molecular formula is C21H23F2N3O. The van der Waals surface area contributed by atoms with Gasteiger partial charge in [0, 0.05) is 51.0 Å². The minimum absolute atomic E-state index is 0.191. The first kappa shape index (κ1) is 19.0. The monoisotopic (exact) mass is 371 g/mol. The van der Waals surface area contributed by atoms with Gasteiger partial charge in [-0.15, -0.1) is 0 Å². The van der Waals surface area contributed by atoms with Gasteiger partial charge >= 0.3 is 0 Å². The fraction of sp³-hybridized carbons (Fsp3) is 0.286. The summed E-state index contributed by atoms with van der Waals surface area (Å²) >= 11 is 0. The maximum absolute atomic E-state index is 13.1. The van der Waals surface area contributed by atoms with Crippen molar-refractivity contribution in [1.29, 1.82) is 0 Å². The van der Waals surface area contributed by atoms with Crippen LogP contribution in [0.4, 0.5) is 14.5 Å². The molecule has 0 spiro atoms. The summed E-state index contributed by atoms with van der Waals surface area (Å²) in [6.07, 6.45) is 3.02. The quantitative estimate of drug-likeness (QED) is 0.793. The molecule has 3 rings (SSSR count). The first-order valence-corrected chi connectivity index (χ1v) is 9.04. The predicted molar refractivity (Wildman–Crippen MR) is 103 cm³/mol. The highest BCUT2D eigenvalue weighted by atomic mass is 19.1. The summed E-state index contributed by atoms with van der Waals surface area (Å²) < 4.78 is 26.1. The Kier molecular flexibility index (Phi) is 6.54. The normalized spacial score (nSPS) is 15.3. The Hall–Kier alpha value is -2.73. The maximum atomic E-state index is 13.1. The first-order valence-electron chi connectivity index (χ1n) is 9.04. The van der Waals surface area contributed by atoms with Gasteiger partial charge in [-0.2, -0.15) is 0 Å². The van der Waals surface area contributed by atoms with E-state index in [2.05, 4.69) is 15.1 Å². The summed E-state index contributed by atoms with van der Waals surface area (Å²) in [6, 6.07) is 12.7. The molecule has 6 heteroatoms. The third kappa shape index (κ3) is 5.89. The van der Waals surface area contributed by atoms with Gasteiger partial charge in [-0.05, 0) is 48.0 Å². The average Bonchev–Trinajstić information content (AvgIpc) is 2.68. The number of nitrogens with zero attached hydrogens (tertiary/aromatic N) is 2. The van der Waals surface area contributed by atoms with Gasteiger partial charge in [0.05, 0.1) is 0 Å². The van der Waals surface area contributed by atoms with Crippen molar-refractivity contribution in [3.8, 4) is 0 Å². The minimum atomic E-state index is -0.322. The molecule has 2 aromatic rings. The van der Waals surface area contributed by atoms with Crippen LogP contribution in [0, 0.1) is 11.6 Å². The Balaban J connectivity index is 1.36. The maximum Gasteiger partial charge on any atom is 0.244 e. The molecule has 0 radical (unpaired) electrons. The smallest absolute Gasteiger partial charge is 0.244 e. The number of nitrogens with one attached hydrogen (secondary N) is 1. The Morgan fingerprint density at radius 3 is 2.44 bits per heavy atom. The van der Waals surface area contributed by atoms with Crippen LogP contribution in [-0.2, 0) is 4.79 Å². The molecule has 0 atom stereocenters. The fourth-order valence-corrected chi connectivity index (χ4v) is 3.06. The van der Waals surface area contributed by atoms with Crippen molar-refractivity contribution < 1.29 is 13.6 Å². The van der Waals surface area contributed by atoms with Crippen LogP contribution in [-0.4, -0.2) is 50.1 Å². The molecule has 1 amide bonds. The zero-order valence-corrected chi connectivity index (χ0v) is 15.1. The molecule has 0 saturated carbocycles. The second kappa shape index (κ2) is 9.28. The second-order valence-corrected chi connectivity index (χ2v) is 6.48. The van der Waals surface area contributed by atoms with Crippen LogP contribution in [0.3, 0.4) is 0 Å². The van der Waals surface area contributed by atoms with E-state index in [1.54, 1.807) is 30.3 Å². The molecule has 0 aromatic heterocycles.